The lowest BCUT2D eigenvalue weighted by molar-refractivity contribution is -0.122. The van der Waals surface area contributed by atoms with Gasteiger partial charge in [0.25, 0.3) is 0 Å². The van der Waals surface area contributed by atoms with Crippen LogP contribution in [0, 0.1) is 0 Å². The van der Waals surface area contributed by atoms with Crippen LogP contribution in [-0.2, 0) is 11.3 Å². The number of rotatable bonds is 9. The van der Waals surface area contributed by atoms with Crippen LogP contribution in [0.3, 0.4) is 0 Å². The zero-order valence-corrected chi connectivity index (χ0v) is 12.3. The van der Waals surface area contributed by atoms with E-state index >= 15 is 0 Å². The fourth-order valence-electron chi connectivity index (χ4n) is 1.92. The van der Waals surface area contributed by atoms with Crippen LogP contribution in [0.25, 0.3) is 0 Å². The van der Waals surface area contributed by atoms with Crippen LogP contribution in [0.15, 0.2) is 22.8 Å². The molecular formula is C15H26N2O2. The molecule has 0 aliphatic carbocycles. The number of carbonyl (C=O) groups excluding carboxylic acids is 1. The first-order chi connectivity index (χ1) is 9.13. The molecule has 1 amide bonds. The van der Waals surface area contributed by atoms with E-state index in [2.05, 4.69) is 31.0 Å². The molecule has 0 spiro atoms. The predicted molar refractivity (Wildman–Crippen MR) is 76.8 cm³/mol. The zero-order chi connectivity index (χ0) is 14.1. The Morgan fingerprint density at radius 2 is 2.21 bits per heavy atom. The minimum atomic E-state index is 0.0570. The maximum atomic E-state index is 11.9. The molecular weight excluding hydrogens is 240 g/mol. The van der Waals surface area contributed by atoms with Gasteiger partial charge in [0.1, 0.15) is 5.76 Å². The van der Waals surface area contributed by atoms with Crippen molar-refractivity contribution in [2.45, 2.75) is 52.6 Å². The van der Waals surface area contributed by atoms with Crippen molar-refractivity contribution in [2.75, 3.05) is 13.1 Å². The third kappa shape index (κ3) is 6.43. The van der Waals surface area contributed by atoms with Gasteiger partial charge in [0.05, 0.1) is 19.4 Å². The number of furan rings is 1. The lowest BCUT2D eigenvalue weighted by Crippen LogP contribution is -2.41. The summed E-state index contributed by atoms with van der Waals surface area (Å²) in [5.41, 5.74) is 0. The average molecular weight is 266 g/mol. The van der Waals surface area contributed by atoms with Crippen LogP contribution in [0.5, 0.6) is 0 Å². The van der Waals surface area contributed by atoms with Crippen LogP contribution in [-0.4, -0.2) is 29.9 Å². The molecule has 1 aromatic heterocycles. The van der Waals surface area contributed by atoms with Crippen LogP contribution in [0.2, 0.25) is 0 Å². The molecule has 0 unspecified atom stereocenters. The Morgan fingerprint density at radius 3 is 2.79 bits per heavy atom. The fourth-order valence-corrected chi connectivity index (χ4v) is 1.92. The van der Waals surface area contributed by atoms with Crippen LogP contribution >= 0.6 is 0 Å². The van der Waals surface area contributed by atoms with Gasteiger partial charge in [0.15, 0.2) is 0 Å². The zero-order valence-electron chi connectivity index (χ0n) is 12.3. The number of amides is 1. The second kappa shape index (κ2) is 8.75. The van der Waals surface area contributed by atoms with E-state index in [9.17, 15) is 4.79 Å². The van der Waals surface area contributed by atoms with Gasteiger partial charge in [-0.1, -0.05) is 19.8 Å². The minimum Gasteiger partial charge on any atom is -0.467 e. The SMILES string of the molecule is CCCCCN(CC(=O)NCc1ccco1)C(C)C. The summed E-state index contributed by atoms with van der Waals surface area (Å²) in [5.74, 6) is 0.844. The maximum Gasteiger partial charge on any atom is 0.234 e. The first-order valence-electron chi connectivity index (χ1n) is 7.16. The van der Waals surface area contributed by atoms with Crippen molar-refractivity contribution in [1.82, 2.24) is 10.2 Å². The predicted octanol–water partition coefficient (Wildman–Crippen LogP) is 2.80. The summed E-state index contributed by atoms with van der Waals surface area (Å²) >= 11 is 0. The van der Waals surface area contributed by atoms with E-state index in [0.29, 0.717) is 19.1 Å². The second-order valence-electron chi connectivity index (χ2n) is 5.13. The summed E-state index contributed by atoms with van der Waals surface area (Å²) < 4.78 is 5.19. The molecule has 108 valence electrons. The summed E-state index contributed by atoms with van der Waals surface area (Å²) in [6.45, 7) is 8.36. The molecule has 4 nitrogen and oxygen atoms in total. The molecule has 4 heteroatoms. The van der Waals surface area contributed by atoms with E-state index in [1.807, 2.05) is 12.1 Å². The Bertz CT molecular complexity index is 347. The molecule has 1 N–H and O–H groups in total. The van der Waals surface area contributed by atoms with Crippen molar-refractivity contribution in [3.05, 3.63) is 24.2 Å². The Hall–Kier alpha value is -1.29. The van der Waals surface area contributed by atoms with Gasteiger partial charge in [-0.2, -0.15) is 0 Å². The highest BCUT2D eigenvalue weighted by Gasteiger charge is 2.13. The molecule has 1 rings (SSSR count). The Morgan fingerprint density at radius 1 is 1.42 bits per heavy atom. The molecule has 0 fully saturated rings. The largest absolute Gasteiger partial charge is 0.467 e. The van der Waals surface area contributed by atoms with Crippen molar-refractivity contribution in [3.63, 3.8) is 0 Å². The van der Waals surface area contributed by atoms with Gasteiger partial charge in [-0.15, -0.1) is 0 Å². The number of nitrogens with one attached hydrogen (secondary N) is 1. The Kier molecular flexibility index (Phi) is 7.26. The number of hydrogen-bond donors (Lipinski definition) is 1. The van der Waals surface area contributed by atoms with Gasteiger partial charge >= 0.3 is 0 Å². The quantitative estimate of drug-likeness (QED) is 0.699. The van der Waals surface area contributed by atoms with E-state index in [4.69, 9.17) is 4.42 Å². The number of carbonyl (C=O) groups is 1. The van der Waals surface area contributed by atoms with Gasteiger partial charge < -0.3 is 9.73 Å². The van der Waals surface area contributed by atoms with Gasteiger partial charge in [-0.05, 0) is 38.9 Å². The van der Waals surface area contributed by atoms with Crippen LogP contribution in [0.1, 0.15) is 45.8 Å². The first kappa shape index (κ1) is 15.8. The van der Waals surface area contributed by atoms with Crippen molar-refractivity contribution < 1.29 is 9.21 Å². The molecule has 1 aromatic rings. The van der Waals surface area contributed by atoms with Gasteiger partial charge in [0.2, 0.25) is 5.91 Å². The van der Waals surface area contributed by atoms with Crippen molar-refractivity contribution in [1.29, 1.82) is 0 Å². The van der Waals surface area contributed by atoms with E-state index < -0.39 is 0 Å². The summed E-state index contributed by atoms with van der Waals surface area (Å²) in [6, 6.07) is 4.08. The standard InChI is InChI=1S/C15H26N2O2/c1-4-5-6-9-17(13(2)3)12-15(18)16-11-14-8-7-10-19-14/h7-8,10,13H,4-6,9,11-12H2,1-3H3,(H,16,18). The smallest absolute Gasteiger partial charge is 0.234 e. The normalized spacial score (nSPS) is 11.2. The van der Waals surface area contributed by atoms with E-state index in [1.165, 1.54) is 12.8 Å². The second-order valence-corrected chi connectivity index (χ2v) is 5.13. The molecule has 0 aliphatic rings. The number of nitrogens with zero attached hydrogens (tertiary/aromatic N) is 1. The molecule has 0 aliphatic heterocycles. The average Bonchev–Trinajstić information content (AvgIpc) is 2.88. The number of unbranched alkanes of at least 4 members (excludes halogenated alkanes) is 2. The topological polar surface area (TPSA) is 45.5 Å². The molecule has 0 saturated carbocycles. The Labute approximate surface area is 116 Å². The highest BCUT2D eigenvalue weighted by Crippen LogP contribution is 2.03. The highest BCUT2D eigenvalue weighted by molar-refractivity contribution is 5.77. The molecule has 0 radical (unpaired) electrons. The molecule has 1 heterocycles. The minimum absolute atomic E-state index is 0.0570. The van der Waals surface area contributed by atoms with Gasteiger partial charge in [-0.3, -0.25) is 9.69 Å². The highest BCUT2D eigenvalue weighted by atomic mass is 16.3. The molecule has 19 heavy (non-hydrogen) atoms. The maximum absolute atomic E-state index is 11.9. The van der Waals surface area contributed by atoms with Crippen LogP contribution in [0.4, 0.5) is 0 Å². The number of hydrogen-bond acceptors (Lipinski definition) is 3. The third-order valence-corrected chi connectivity index (χ3v) is 3.17. The lowest BCUT2D eigenvalue weighted by Gasteiger charge is -2.25. The van der Waals surface area contributed by atoms with E-state index in [0.717, 1.165) is 18.7 Å². The summed E-state index contributed by atoms with van der Waals surface area (Å²) in [5, 5.41) is 2.89. The molecule has 0 bridgehead atoms. The lowest BCUT2D eigenvalue weighted by atomic mass is 10.2. The van der Waals surface area contributed by atoms with Gasteiger partial charge in [-0.25, -0.2) is 0 Å². The molecule has 0 aromatic carbocycles. The first-order valence-corrected chi connectivity index (χ1v) is 7.16. The summed E-state index contributed by atoms with van der Waals surface area (Å²) in [7, 11) is 0. The summed E-state index contributed by atoms with van der Waals surface area (Å²) in [4.78, 5) is 14.1. The van der Waals surface area contributed by atoms with E-state index in [-0.39, 0.29) is 5.91 Å². The monoisotopic (exact) mass is 266 g/mol. The summed E-state index contributed by atoms with van der Waals surface area (Å²) in [6.07, 6.45) is 5.20. The fraction of sp³-hybridized carbons (Fsp3) is 0.667. The van der Waals surface area contributed by atoms with Crippen LogP contribution < -0.4 is 5.32 Å². The van der Waals surface area contributed by atoms with Crippen molar-refractivity contribution in [3.8, 4) is 0 Å². The van der Waals surface area contributed by atoms with E-state index in [1.54, 1.807) is 6.26 Å². The molecule has 0 atom stereocenters. The van der Waals surface area contributed by atoms with Gasteiger partial charge in [0, 0.05) is 6.04 Å². The molecule has 0 saturated heterocycles. The van der Waals surface area contributed by atoms with Crippen molar-refractivity contribution in [2.24, 2.45) is 0 Å². The third-order valence-electron chi connectivity index (χ3n) is 3.17. The Balaban J connectivity index is 2.29. The van der Waals surface area contributed by atoms with Crippen molar-refractivity contribution >= 4 is 5.91 Å².